The molecule has 2 saturated carbocycles. The van der Waals surface area contributed by atoms with Gasteiger partial charge in [0, 0.05) is 59.9 Å². The van der Waals surface area contributed by atoms with E-state index in [1.165, 1.54) is 30.9 Å². The molecule has 2 saturated heterocycles. The normalized spacial score (nSPS) is 33.2. The number of carbonyl (C=O) groups is 5. The molecule has 5 rings (SSSR count). The first kappa shape index (κ1) is 36.6. The van der Waals surface area contributed by atoms with Crippen molar-refractivity contribution in [3.8, 4) is 0 Å². The molecule has 3 heterocycles. The average molecular weight is 712 g/mol. The van der Waals surface area contributed by atoms with Gasteiger partial charge < -0.3 is 47.9 Å². The van der Waals surface area contributed by atoms with Crippen LogP contribution < -0.4 is 5.32 Å². The number of ether oxygens (including phenoxy) is 9. The lowest BCUT2D eigenvalue weighted by Gasteiger charge is -2.45. The fourth-order valence-corrected chi connectivity index (χ4v) is 7.01. The summed E-state index contributed by atoms with van der Waals surface area (Å²) in [5.74, 6) is -4.41. The highest BCUT2D eigenvalue weighted by molar-refractivity contribution is 7.80. The highest BCUT2D eigenvalue weighted by atomic mass is 32.1. The van der Waals surface area contributed by atoms with E-state index in [1.807, 2.05) is 0 Å². The summed E-state index contributed by atoms with van der Waals surface area (Å²) in [6, 6.07) is -0.971. The number of nitrogens with zero attached hydrogens (tertiary/aromatic N) is 2. The molecule has 270 valence electrons. The molecule has 1 amide bonds. The molecule has 2 aliphatic heterocycles. The molecule has 2 aliphatic carbocycles. The summed E-state index contributed by atoms with van der Waals surface area (Å²) < 4.78 is 55.7. The van der Waals surface area contributed by atoms with Crippen molar-refractivity contribution in [3.05, 3.63) is 18.7 Å². The molecule has 4 aliphatic rings. The number of esters is 4. The predicted octanol–water partition coefficient (Wildman–Crippen LogP) is 0.832. The van der Waals surface area contributed by atoms with E-state index in [0.29, 0.717) is 12.8 Å². The predicted molar refractivity (Wildman–Crippen MR) is 165 cm³/mol. The van der Waals surface area contributed by atoms with Crippen LogP contribution in [0.3, 0.4) is 0 Å². The Kier molecular flexibility index (Phi) is 11.5. The van der Waals surface area contributed by atoms with Crippen LogP contribution in [0.2, 0.25) is 0 Å². The van der Waals surface area contributed by atoms with Crippen molar-refractivity contribution < 1.29 is 66.6 Å². The van der Waals surface area contributed by atoms with Gasteiger partial charge in [-0.05, 0) is 25.1 Å². The second-order valence-corrected chi connectivity index (χ2v) is 12.7. The summed E-state index contributed by atoms with van der Waals surface area (Å²) in [7, 11) is 0. The molecule has 0 radical (unpaired) electrons. The fourth-order valence-electron chi connectivity index (χ4n) is 6.79. The van der Waals surface area contributed by atoms with Crippen molar-refractivity contribution in [2.45, 2.75) is 134 Å². The van der Waals surface area contributed by atoms with Gasteiger partial charge in [0.2, 0.25) is 5.91 Å². The van der Waals surface area contributed by atoms with E-state index in [2.05, 4.69) is 10.3 Å². The molecular formula is C31H41N3O14S. The third-order valence-corrected chi connectivity index (χ3v) is 8.86. The minimum Gasteiger partial charge on any atom is -0.463 e. The topological polar surface area (TPSA) is 198 Å². The third-order valence-electron chi connectivity index (χ3n) is 8.56. The Balaban J connectivity index is 1.54. The molecular weight excluding hydrogens is 670 g/mol. The Morgan fingerprint density at radius 3 is 2.00 bits per heavy atom. The Bertz CT molecular complexity index is 1400. The lowest BCUT2D eigenvalue weighted by atomic mass is 9.94. The first-order valence-electron chi connectivity index (χ1n) is 16.0. The minimum absolute atomic E-state index is 0.0257. The zero-order chi connectivity index (χ0) is 35.5. The summed E-state index contributed by atoms with van der Waals surface area (Å²) in [6.07, 6.45) is -2.32. The molecule has 10 atom stereocenters. The van der Waals surface area contributed by atoms with Crippen molar-refractivity contribution in [2.24, 2.45) is 0 Å². The van der Waals surface area contributed by atoms with E-state index in [-0.39, 0.29) is 5.17 Å². The number of imidazole rings is 1. The second-order valence-electron chi connectivity index (χ2n) is 12.3. The number of hydrogen-bond acceptors (Lipinski definition) is 16. The second kappa shape index (κ2) is 15.5. The zero-order valence-electron chi connectivity index (χ0n) is 27.8. The Morgan fingerprint density at radius 1 is 0.816 bits per heavy atom. The Hall–Kier alpha value is -3.71. The summed E-state index contributed by atoms with van der Waals surface area (Å²) in [5.41, 5.74) is 0. The largest absolute Gasteiger partial charge is 0.463 e. The van der Waals surface area contributed by atoms with Crippen LogP contribution in [0.15, 0.2) is 18.7 Å². The number of nitrogens with one attached hydrogen (secondary N) is 1. The Labute approximate surface area is 287 Å². The van der Waals surface area contributed by atoms with Gasteiger partial charge in [0.05, 0.1) is 6.04 Å². The standard InChI is InChI=1S/C31H41N3O14S/c1-15(35)33-21-23(26-27(48-31(47-26)9-7-6-8-10-31)24(21)46-30(49)34-12-11-32-14-34)45-29-28(43-19(5)39)25(42-18(4)38)22(41-17(3)37)20(44-29)13-40-16(2)36/h11-12,14,20-29H,6-10,13H2,1-5H3,(H,33,35)/t20-,21-,22-,23-,24+,25+,26+,27-,28-,29+/m1/s1. The highest BCUT2D eigenvalue weighted by Crippen LogP contribution is 2.48. The monoisotopic (exact) mass is 711 g/mol. The van der Waals surface area contributed by atoms with Crippen LogP contribution in [0.4, 0.5) is 0 Å². The van der Waals surface area contributed by atoms with Gasteiger partial charge in [-0.25, -0.2) is 4.98 Å². The lowest BCUT2D eigenvalue weighted by molar-refractivity contribution is -0.325. The highest BCUT2D eigenvalue weighted by Gasteiger charge is 2.65. The van der Waals surface area contributed by atoms with Crippen molar-refractivity contribution >= 4 is 47.2 Å². The molecule has 1 N–H and O–H groups in total. The van der Waals surface area contributed by atoms with Crippen LogP contribution in [-0.2, 0) is 66.6 Å². The van der Waals surface area contributed by atoms with Crippen LogP contribution in [0, 0.1) is 0 Å². The van der Waals surface area contributed by atoms with Crippen molar-refractivity contribution in [1.82, 2.24) is 14.9 Å². The number of carbonyl (C=O) groups excluding carboxylic acids is 5. The average Bonchev–Trinajstić information content (AvgIpc) is 3.73. The van der Waals surface area contributed by atoms with Gasteiger partial charge in [0.25, 0.3) is 5.17 Å². The van der Waals surface area contributed by atoms with Crippen molar-refractivity contribution in [1.29, 1.82) is 0 Å². The summed E-state index contributed by atoms with van der Waals surface area (Å²) in [5, 5.41) is 2.89. The van der Waals surface area contributed by atoms with E-state index in [9.17, 15) is 24.0 Å². The number of fused-ring (bicyclic) bond motifs is 1. The maximum atomic E-state index is 12.6. The van der Waals surface area contributed by atoms with E-state index >= 15 is 0 Å². The smallest absolute Gasteiger partial charge is 0.303 e. The molecule has 0 unspecified atom stereocenters. The van der Waals surface area contributed by atoms with Gasteiger partial charge in [-0.1, -0.05) is 6.42 Å². The van der Waals surface area contributed by atoms with Gasteiger partial charge in [0.15, 0.2) is 36.5 Å². The molecule has 1 aromatic rings. The fraction of sp³-hybridized carbons (Fsp3) is 0.710. The van der Waals surface area contributed by atoms with E-state index in [0.717, 1.165) is 40.0 Å². The molecule has 1 aromatic heterocycles. The van der Waals surface area contributed by atoms with Crippen molar-refractivity contribution in [3.63, 3.8) is 0 Å². The van der Waals surface area contributed by atoms with Gasteiger partial charge >= 0.3 is 23.9 Å². The first-order chi connectivity index (χ1) is 23.3. The molecule has 4 fully saturated rings. The maximum Gasteiger partial charge on any atom is 0.303 e. The molecule has 0 aromatic carbocycles. The SMILES string of the molecule is CC(=O)N[C@@H]1[C@@H](O[C@@H]2O[C@H](COC(C)=O)[C@@H](OC(C)=O)[C@H](OC(C)=O)[C@H]2OC(C)=O)[C@@H]2OC3(CCCCC3)O[C@@H]2[C@H]1OC(=S)n1ccnc1. The first-order valence-corrected chi connectivity index (χ1v) is 16.5. The summed E-state index contributed by atoms with van der Waals surface area (Å²) in [4.78, 5) is 65.4. The zero-order valence-corrected chi connectivity index (χ0v) is 28.6. The molecule has 1 spiro atoms. The number of hydrogen-bond donors (Lipinski definition) is 1. The van der Waals surface area contributed by atoms with Gasteiger partial charge in [-0.3, -0.25) is 28.5 Å². The number of rotatable bonds is 9. The van der Waals surface area contributed by atoms with E-state index in [4.69, 9.17) is 54.8 Å². The number of thiocarbonyl (C=S) groups is 1. The van der Waals surface area contributed by atoms with Crippen LogP contribution in [0.25, 0.3) is 0 Å². The Morgan fingerprint density at radius 2 is 1.43 bits per heavy atom. The van der Waals surface area contributed by atoms with Gasteiger partial charge in [0.1, 0.15) is 37.4 Å². The van der Waals surface area contributed by atoms with Crippen LogP contribution in [0.5, 0.6) is 0 Å². The molecule has 18 heteroatoms. The summed E-state index contributed by atoms with van der Waals surface area (Å²) >= 11 is 5.56. The number of amides is 1. The maximum absolute atomic E-state index is 12.6. The lowest BCUT2D eigenvalue weighted by Crippen LogP contribution is -2.64. The molecule has 49 heavy (non-hydrogen) atoms. The van der Waals surface area contributed by atoms with Crippen molar-refractivity contribution in [2.75, 3.05) is 6.61 Å². The minimum atomic E-state index is -1.55. The molecule has 0 bridgehead atoms. The number of aromatic nitrogens is 2. The van der Waals surface area contributed by atoms with Crippen LogP contribution in [-0.4, -0.2) is 118 Å². The quantitative estimate of drug-likeness (QED) is 0.215. The third kappa shape index (κ3) is 8.54. The van der Waals surface area contributed by atoms with Crippen LogP contribution >= 0.6 is 12.2 Å². The molecule has 17 nitrogen and oxygen atoms in total. The van der Waals surface area contributed by atoms with Gasteiger partial charge in [-0.2, -0.15) is 0 Å². The van der Waals surface area contributed by atoms with E-state index in [1.54, 1.807) is 6.20 Å². The van der Waals surface area contributed by atoms with Gasteiger partial charge in [-0.15, -0.1) is 0 Å². The van der Waals surface area contributed by atoms with E-state index < -0.39 is 103 Å². The summed E-state index contributed by atoms with van der Waals surface area (Å²) in [6.45, 7) is 5.41. The van der Waals surface area contributed by atoms with Crippen LogP contribution in [0.1, 0.15) is 66.7 Å².